The highest BCUT2D eigenvalue weighted by atomic mass is 79.9. The molecule has 1 aromatic carbocycles. The van der Waals surface area contributed by atoms with E-state index >= 15 is 0 Å². The minimum atomic E-state index is -0.210. The van der Waals surface area contributed by atoms with Gasteiger partial charge >= 0.3 is 0 Å². The summed E-state index contributed by atoms with van der Waals surface area (Å²) < 4.78 is 13.7. The van der Waals surface area contributed by atoms with E-state index in [1.807, 2.05) is 0 Å². The molecule has 0 saturated heterocycles. The van der Waals surface area contributed by atoms with Crippen LogP contribution in [0.5, 0.6) is 0 Å². The smallest absolute Gasteiger partial charge is 0.123 e. The zero-order chi connectivity index (χ0) is 9.68. The number of benzene rings is 1. The fourth-order valence-electron chi connectivity index (χ4n) is 0.988. The van der Waals surface area contributed by atoms with Crippen molar-refractivity contribution in [1.29, 1.82) is 0 Å². The van der Waals surface area contributed by atoms with Crippen molar-refractivity contribution in [1.82, 2.24) is 5.32 Å². The minimum absolute atomic E-state index is 0.210. The van der Waals surface area contributed by atoms with Crippen LogP contribution in [0, 0.1) is 5.82 Å². The van der Waals surface area contributed by atoms with Crippen LogP contribution in [0.2, 0.25) is 0 Å². The first-order valence-corrected chi connectivity index (χ1v) is 4.79. The summed E-state index contributed by atoms with van der Waals surface area (Å²) in [5.74, 6) is -0.210. The van der Waals surface area contributed by atoms with Crippen molar-refractivity contribution in [3.63, 3.8) is 0 Å². The molecule has 0 radical (unpaired) electrons. The lowest BCUT2D eigenvalue weighted by Gasteiger charge is -2.04. The first kappa shape index (κ1) is 10.4. The van der Waals surface area contributed by atoms with Crippen molar-refractivity contribution in [2.24, 2.45) is 0 Å². The monoisotopic (exact) mass is 243 g/mol. The van der Waals surface area contributed by atoms with Gasteiger partial charge in [0, 0.05) is 17.6 Å². The van der Waals surface area contributed by atoms with Gasteiger partial charge in [-0.1, -0.05) is 22.0 Å². The number of rotatable bonds is 4. The third-order valence-corrected chi connectivity index (χ3v) is 2.39. The Balaban J connectivity index is 2.64. The molecule has 0 aliphatic carbocycles. The zero-order valence-corrected chi connectivity index (χ0v) is 8.77. The predicted octanol–water partition coefficient (Wildman–Crippen LogP) is 2.86. The van der Waals surface area contributed by atoms with Gasteiger partial charge in [-0.3, -0.25) is 0 Å². The van der Waals surface area contributed by atoms with Crippen LogP contribution in [0.15, 0.2) is 35.3 Å². The van der Waals surface area contributed by atoms with Crippen LogP contribution < -0.4 is 5.32 Å². The topological polar surface area (TPSA) is 12.0 Å². The summed E-state index contributed by atoms with van der Waals surface area (Å²) in [5, 5.41) is 3.10. The van der Waals surface area contributed by atoms with E-state index in [2.05, 4.69) is 27.8 Å². The Labute approximate surface area is 85.8 Å². The number of hydrogen-bond donors (Lipinski definition) is 1. The normalized spacial score (nSPS) is 10.0. The second kappa shape index (κ2) is 5.14. The molecular weight excluding hydrogens is 233 g/mol. The third-order valence-electron chi connectivity index (χ3n) is 1.61. The second-order valence-electron chi connectivity index (χ2n) is 2.66. The van der Waals surface area contributed by atoms with Gasteiger partial charge in [-0.25, -0.2) is 4.39 Å². The van der Waals surface area contributed by atoms with Crippen LogP contribution in [0.25, 0.3) is 0 Å². The van der Waals surface area contributed by atoms with Crippen LogP contribution in [-0.2, 0) is 6.54 Å². The molecular formula is C10H11BrFN. The molecule has 1 N–H and O–H groups in total. The van der Waals surface area contributed by atoms with Crippen molar-refractivity contribution in [3.8, 4) is 0 Å². The zero-order valence-electron chi connectivity index (χ0n) is 7.19. The van der Waals surface area contributed by atoms with Gasteiger partial charge in [0.1, 0.15) is 5.82 Å². The van der Waals surface area contributed by atoms with Gasteiger partial charge < -0.3 is 5.32 Å². The first-order chi connectivity index (χ1) is 6.24. The van der Waals surface area contributed by atoms with Gasteiger partial charge in [0.25, 0.3) is 0 Å². The van der Waals surface area contributed by atoms with Gasteiger partial charge in [-0.05, 0) is 23.8 Å². The van der Waals surface area contributed by atoms with E-state index in [9.17, 15) is 4.39 Å². The molecule has 3 heteroatoms. The van der Waals surface area contributed by atoms with Gasteiger partial charge in [-0.15, -0.1) is 6.58 Å². The molecule has 0 saturated carbocycles. The molecule has 13 heavy (non-hydrogen) atoms. The fraction of sp³-hybridized carbons (Fsp3) is 0.200. The molecule has 0 aliphatic heterocycles. The Bertz CT molecular complexity index is 299. The summed E-state index contributed by atoms with van der Waals surface area (Å²) >= 11 is 3.35. The van der Waals surface area contributed by atoms with E-state index in [0.29, 0.717) is 6.54 Å². The molecule has 70 valence electrons. The SMILES string of the molecule is C=CCNCc1cc(F)ccc1Br. The van der Waals surface area contributed by atoms with Crippen molar-refractivity contribution in [2.45, 2.75) is 6.54 Å². The summed E-state index contributed by atoms with van der Waals surface area (Å²) in [5.41, 5.74) is 0.918. The maximum Gasteiger partial charge on any atom is 0.123 e. The van der Waals surface area contributed by atoms with Crippen molar-refractivity contribution in [3.05, 3.63) is 46.7 Å². The Morgan fingerprint density at radius 1 is 1.54 bits per heavy atom. The summed E-state index contributed by atoms with van der Waals surface area (Å²) in [6.07, 6.45) is 1.77. The lowest BCUT2D eigenvalue weighted by Crippen LogP contribution is -2.13. The van der Waals surface area contributed by atoms with Crippen LogP contribution in [0.3, 0.4) is 0 Å². The Kier molecular flexibility index (Phi) is 4.12. The average molecular weight is 244 g/mol. The second-order valence-corrected chi connectivity index (χ2v) is 3.51. The van der Waals surface area contributed by atoms with Gasteiger partial charge in [0.05, 0.1) is 0 Å². The summed E-state index contributed by atoms with van der Waals surface area (Å²) in [6, 6.07) is 4.65. The van der Waals surface area contributed by atoms with Crippen molar-refractivity contribution < 1.29 is 4.39 Å². The highest BCUT2D eigenvalue weighted by Crippen LogP contribution is 2.17. The molecule has 1 rings (SSSR count). The maximum atomic E-state index is 12.8. The highest BCUT2D eigenvalue weighted by Gasteiger charge is 1.99. The van der Waals surface area contributed by atoms with Gasteiger partial charge in [0.15, 0.2) is 0 Å². The van der Waals surface area contributed by atoms with Crippen LogP contribution >= 0.6 is 15.9 Å². The fourth-order valence-corrected chi connectivity index (χ4v) is 1.37. The van der Waals surface area contributed by atoms with E-state index in [1.54, 1.807) is 12.1 Å². The molecule has 0 aromatic heterocycles. The Hall–Kier alpha value is -0.670. The van der Waals surface area contributed by atoms with E-state index in [0.717, 1.165) is 16.6 Å². The van der Waals surface area contributed by atoms with Gasteiger partial charge in [-0.2, -0.15) is 0 Å². The molecule has 0 unspecified atom stereocenters. The molecule has 0 bridgehead atoms. The van der Waals surface area contributed by atoms with Crippen LogP contribution in [-0.4, -0.2) is 6.54 Å². The molecule has 0 aliphatic rings. The van der Waals surface area contributed by atoms with Crippen molar-refractivity contribution >= 4 is 15.9 Å². The molecule has 0 atom stereocenters. The maximum absolute atomic E-state index is 12.8. The first-order valence-electron chi connectivity index (χ1n) is 3.99. The van der Waals surface area contributed by atoms with E-state index < -0.39 is 0 Å². The van der Waals surface area contributed by atoms with Crippen LogP contribution in [0.4, 0.5) is 4.39 Å². The Morgan fingerprint density at radius 3 is 3.00 bits per heavy atom. The standard InChI is InChI=1S/C10H11BrFN/c1-2-5-13-7-8-6-9(12)3-4-10(8)11/h2-4,6,13H,1,5,7H2. The summed E-state index contributed by atoms with van der Waals surface area (Å²) in [7, 11) is 0. The summed E-state index contributed by atoms with van der Waals surface area (Å²) in [6.45, 7) is 4.95. The molecule has 0 fully saturated rings. The van der Waals surface area contributed by atoms with E-state index in [-0.39, 0.29) is 5.82 Å². The Morgan fingerprint density at radius 2 is 2.31 bits per heavy atom. The highest BCUT2D eigenvalue weighted by molar-refractivity contribution is 9.10. The average Bonchev–Trinajstić information content (AvgIpc) is 2.11. The van der Waals surface area contributed by atoms with Crippen LogP contribution in [0.1, 0.15) is 5.56 Å². The largest absolute Gasteiger partial charge is 0.309 e. The van der Waals surface area contributed by atoms with Crippen molar-refractivity contribution in [2.75, 3.05) is 6.54 Å². The minimum Gasteiger partial charge on any atom is -0.309 e. The molecule has 1 nitrogen and oxygen atoms in total. The van der Waals surface area contributed by atoms with E-state index in [4.69, 9.17) is 0 Å². The van der Waals surface area contributed by atoms with E-state index in [1.165, 1.54) is 12.1 Å². The molecule has 1 aromatic rings. The number of hydrogen-bond acceptors (Lipinski definition) is 1. The van der Waals surface area contributed by atoms with Gasteiger partial charge in [0.2, 0.25) is 0 Å². The number of halogens is 2. The summed E-state index contributed by atoms with van der Waals surface area (Å²) in [4.78, 5) is 0. The lowest BCUT2D eigenvalue weighted by molar-refractivity contribution is 0.622. The molecule has 0 heterocycles. The quantitative estimate of drug-likeness (QED) is 0.634. The lowest BCUT2D eigenvalue weighted by atomic mass is 10.2. The molecule has 0 spiro atoms. The number of nitrogens with one attached hydrogen (secondary N) is 1. The molecule has 0 amide bonds. The predicted molar refractivity (Wildman–Crippen MR) is 56.0 cm³/mol. The third kappa shape index (κ3) is 3.28.